The molecule has 2 aromatic rings. The van der Waals surface area contributed by atoms with Crippen LogP contribution in [0, 0.1) is 11.6 Å². The summed E-state index contributed by atoms with van der Waals surface area (Å²) in [6, 6.07) is 2.78. The second-order valence-electron chi connectivity index (χ2n) is 8.87. The molecule has 2 N–H and O–H groups in total. The number of nitrogens with one attached hydrogen (secondary N) is 1. The van der Waals surface area contributed by atoms with Crippen LogP contribution in [-0.4, -0.2) is 52.2 Å². The van der Waals surface area contributed by atoms with E-state index in [1.165, 1.54) is 16.8 Å². The van der Waals surface area contributed by atoms with E-state index >= 15 is 0 Å². The van der Waals surface area contributed by atoms with Gasteiger partial charge in [0.1, 0.15) is 17.2 Å². The molecule has 2 heterocycles. The van der Waals surface area contributed by atoms with Gasteiger partial charge in [-0.25, -0.2) is 8.78 Å². The molecule has 0 radical (unpaired) electrons. The summed E-state index contributed by atoms with van der Waals surface area (Å²) in [6.45, 7) is 3.75. The highest BCUT2D eigenvalue weighted by Gasteiger charge is 2.53. The molecule has 1 aliphatic carbocycles. The van der Waals surface area contributed by atoms with E-state index in [0.717, 1.165) is 6.07 Å². The van der Waals surface area contributed by atoms with Gasteiger partial charge in [-0.05, 0) is 32.8 Å². The van der Waals surface area contributed by atoms with Gasteiger partial charge in [-0.2, -0.15) is 0 Å². The number of ether oxygens (including phenoxy) is 1. The molecule has 1 aromatic heterocycles. The number of hydrogen-bond donors (Lipinski definition) is 2. The van der Waals surface area contributed by atoms with Crippen LogP contribution in [-0.2, 0) is 16.8 Å². The fourth-order valence-electron chi connectivity index (χ4n) is 4.58. The Labute approximate surface area is 188 Å². The molecular formula is C23H25F2N3O5. The summed E-state index contributed by atoms with van der Waals surface area (Å²) in [4.78, 5) is 40.3. The summed E-state index contributed by atoms with van der Waals surface area (Å²) in [6.07, 6.45) is 2.31. The fraction of sp³-hybridized carbons (Fsp3) is 0.435. The van der Waals surface area contributed by atoms with Crippen LogP contribution in [0.3, 0.4) is 0 Å². The monoisotopic (exact) mass is 461 g/mol. The highest BCUT2D eigenvalue weighted by molar-refractivity contribution is 5.99. The normalized spacial score (nSPS) is 21.8. The number of pyridine rings is 1. The van der Waals surface area contributed by atoms with Crippen LogP contribution < -0.4 is 10.7 Å². The Balaban J connectivity index is 1.71. The number of rotatable bonds is 5. The summed E-state index contributed by atoms with van der Waals surface area (Å²) >= 11 is 0. The quantitative estimate of drug-likeness (QED) is 0.711. The van der Waals surface area contributed by atoms with E-state index in [0.29, 0.717) is 25.5 Å². The van der Waals surface area contributed by atoms with E-state index in [-0.39, 0.29) is 35.5 Å². The number of carbonyl (C=O) groups excluding carboxylic acids is 2. The molecule has 2 aliphatic rings. The van der Waals surface area contributed by atoms with Crippen molar-refractivity contribution < 1.29 is 28.2 Å². The number of benzene rings is 1. The first kappa shape index (κ1) is 22.9. The van der Waals surface area contributed by atoms with Crippen molar-refractivity contribution >= 4 is 11.8 Å². The van der Waals surface area contributed by atoms with Gasteiger partial charge in [0.05, 0.1) is 11.6 Å². The van der Waals surface area contributed by atoms with Gasteiger partial charge >= 0.3 is 0 Å². The summed E-state index contributed by atoms with van der Waals surface area (Å²) in [7, 11) is 1.59. The van der Waals surface area contributed by atoms with Crippen molar-refractivity contribution in [1.82, 2.24) is 14.8 Å². The SMILES string of the molecule is CO[C@H]1C[C@@]2(CN(C(C)C)C(=O)c3c(O)c(=O)c(C(=O)NCc4ccc(F)cc4F)cn32)C1. The Kier molecular flexibility index (Phi) is 5.73. The maximum absolute atomic E-state index is 13.9. The third-order valence-corrected chi connectivity index (χ3v) is 6.49. The van der Waals surface area contributed by atoms with Crippen LogP contribution in [0.4, 0.5) is 8.78 Å². The minimum atomic E-state index is -0.991. The van der Waals surface area contributed by atoms with Gasteiger partial charge in [0.25, 0.3) is 11.8 Å². The maximum atomic E-state index is 13.9. The van der Waals surface area contributed by atoms with E-state index in [1.54, 1.807) is 12.0 Å². The van der Waals surface area contributed by atoms with Crippen LogP contribution in [0.25, 0.3) is 0 Å². The zero-order valence-electron chi connectivity index (χ0n) is 18.5. The molecule has 1 fully saturated rings. The van der Waals surface area contributed by atoms with Gasteiger partial charge in [0.2, 0.25) is 5.43 Å². The largest absolute Gasteiger partial charge is 0.503 e. The van der Waals surface area contributed by atoms with Crippen LogP contribution in [0.2, 0.25) is 0 Å². The lowest BCUT2D eigenvalue weighted by atomic mass is 9.71. The molecule has 176 valence electrons. The molecule has 1 aromatic carbocycles. The van der Waals surface area contributed by atoms with E-state index in [4.69, 9.17) is 4.74 Å². The second-order valence-corrected chi connectivity index (χ2v) is 8.87. The number of aromatic hydroxyl groups is 1. The molecule has 33 heavy (non-hydrogen) atoms. The predicted molar refractivity (Wildman–Crippen MR) is 114 cm³/mol. The summed E-state index contributed by atoms with van der Waals surface area (Å²) in [5.41, 5.74) is -2.11. The Morgan fingerprint density at radius 1 is 1.30 bits per heavy atom. The van der Waals surface area contributed by atoms with Gasteiger partial charge < -0.3 is 24.6 Å². The fourth-order valence-corrected chi connectivity index (χ4v) is 4.58. The third kappa shape index (κ3) is 3.78. The first-order chi connectivity index (χ1) is 15.6. The molecule has 0 atom stereocenters. The maximum Gasteiger partial charge on any atom is 0.274 e. The van der Waals surface area contributed by atoms with Crippen LogP contribution >= 0.6 is 0 Å². The summed E-state index contributed by atoms with van der Waals surface area (Å²) in [5, 5.41) is 13.1. The lowest BCUT2D eigenvalue weighted by Crippen LogP contribution is -2.63. The van der Waals surface area contributed by atoms with Crippen LogP contribution in [0.5, 0.6) is 5.75 Å². The number of nitrogens with zero attached hydrogens (tertiary/aromatic N) is 2. The first-order valence-electron chi connectivity index (χ1n) is 10.6. The molecule has 4 rings (SSSR count). The molecule has 0 bridgehead atoms. The zero-order valence-corrected chi connectivity index (χ0v) is 18.5. The number of methoxy groups -OCH3 is 1. The van der Waals surface area contributed by atoms with E-state index in [2.05, 4.69) is 5.32 Å². The molecule has 1 aliphatic heterocycles. The second kappa shape index (κ2) is 8.26. The molecule has 0 saturated heterocycles. The Morgan fingerprint density at radius 3 is 2.61 bits per heavy atom. The molecule has 8 nitrogen and oxygen atoms in total. The van der Waals surface area contributed by atoms with Crippen LogP contribution in [0.15, 0.2) is 29.2 Å². The van der Waals surface area contributed by atoms with Crippen molar-refractivity contribution in [2.24, 2.45) is 0 Å². The minimum Gasteiger partial charge on any atom is -0.503 e. The molecule has 2 amide bonds. The van der Waals surface area contributed by atoms with Crippen molar-refractivity contribution in [1.29, 1.82) is 0 Å². The van der Waals surface area contributed by atoms with Crippen molar-refractivity contribution in [2.45, 2.75) is 50.9 Å². The topological polar surface area (TPSA) is 101 Å². The lowest BCUT2D eigenvalue weighted by molar-refractivity contribution is -0.0728. The molecule has 1 spiro atoms. The Bertz CT molecular complexity index is 1190. The molecule has 1 saturated carbocycles. The number of amides is 2. The molecule has 10 heteroatoms. The molecule has 0 unspecified atom stereocenters. The van der Waals surface area contributed by atoms with Crippen molar-refractivity contribution in [3.63, 3.8) is 0 Å². The number of aromatic nitrogens is 1. The van der Waals surface area contributed by atoms with E-state index < -0.39 is 40.2 Å². The summed E-state index contributed by atoms with van der Waals surface area (Å²) < 4.78 is 33.9. The number of fused-ring (bicyclic) bond motifs is 2. The van der Waals surface area contributed by atoms with Gasteiger partial charge in [-0.15, -0.1) is 0 Å². The van der Waals surface area contributed by atoms with Gasteiger partial charge in [-0.1, -0.05) is 6.07 Å². The number of carbonyl (C=O) groups is 2. The lowest BCUT2D eigenvalue weighted by Gasteiger charge is -2.54. The zero-order chi connectivity index (χ0) is 24.1. The highest BCUT2D eigenvalue weighted by Crippen LogP contribution is 2.46. The Morgan fingerprint density at radius 2 is 2.00 bits per heavy atom. The van der Waals surface area contributed by atoms with Gasteiger partial charge in [0, 0.05) is 44.1 Å². The van der Waals surface area contributed by atoms with Crippen molar-refractivity contribution in [2.75, 3.05) is 13.7 Å². The van der Waals surface area contributed by atoms with Crippen LogP contribution in [0.1, 0.15) is 53.1 Å². The number of hydrogen-bond acceptors (Lipinski definition) is 5. The van der Waals surface area contributed by atoms with Gasteiger partial charge in [0.15, 0.2) is 11.4 Å². The smallest absolute Gasteiger partial charge is 0.274 e. The number of halogens is 2. The van der Waals surface area contributed by atoms with Crippen molar-refractivity contribution in [3.05, 3.63) is 63.1 Å². The third-order valence-electron chi connectivity index (χ3n) is 6.49. The van der Waals surface area contributed by atoms with E-state index in [1.807, 2.05) is 13.8 Å². The standard InChI is InChI=1S/C23H25F2N3O5/c1-12(2)27-11-23(7-15(8-23)33-3)28-10-16(19(29)20(30)18(28)22(27)32)21(31)26-9-13-4-5-14(24)6-17(13)25/h4-6,10,12,15,30H,7-9,11H2,1-3H3,(H,26,31)/t15-,23-. The predicted octanol–water partition coefficient (Wildman–Crippen LogP) is 2.13. The molecular weight excluding hydrogens is 436 g/mol. The average molecular weight is 461 g/mol. The first-order valence-corrected chi connectivity index (χ1v) is 10.6. The minimum absolute atomic E-state index is 0.0354. The van der Waals surface area contributed by atoms with Gasteiger partial charge in [-0.3, -0.25) is 14.4 Å². The Hall–Kier alpha value is -3.27. The summed E-state index contributed by atoms with van der Waals surface area (Å²) in [5.74, 6) is -3.72. The average Bonchev–Trinajstić information content (AvgIpc) is 2.73. The van der Waals surface area contributed by atoms with E-state index in [9.17, 15) is 28.3 Å². The highest BCUT2D eigenvalue weighted by atomic mass is 19.1. The van der Waals surface area contributed by atoms with Crippen molar-refractivity contribution in [3.8, 4) is 5.75 Å².